The molecule has 1 saturated heterocycles. The third-order valence-corrected chi connectivity index (χ3v) is 5.40. The van der Waals surface area contributed by atoms with Crippen molar-refractivity contribution in [2.75, 3.05) is 11.5 Å². The second kappa shape index (κ2) is 5.19. The first-order valence-corrected chi connectivity index (χ1v) is 7.06. The summed E-state index contributed by atoms with van der Waals surface area (Å²) < 4.78 is 1.12. The quantitative estimate of drug-likeness (QED) is 0.725. The van der Waals surface area contributed by atoms with Crippen molar-refractivity contribution in [3.05, 3.63) is 35.9 Å². The lowest BCUT2D eigenvalue weighted by atomic mass is 10.0. The fourth-order valence-corrected chi connectivity index (χ4v) is 4.04. The van der Waals surface area contributed by atoms with Crippen molar-refractivity contribution in [1.29, 1.82) is 0 Å². The Morgan fingerprint density at radius 2 is 1.79 bits per heavy atom. The van der Waals surface area contributed by atoms with E-state index in [-0.39, 0.29) is 0 Å². The van der Waals surface area contributed by atoms with Gasteiger partial charge in [0.25, 0.3) is 0 Å². The molecule has 0 amide bonds. The van der Waals surface area contributed by atoms with Crippen LogP contribution in [0.5, 0.6) is 0 Å². The van der Waals surface area contributed by atoms with Crippen LogP contribution >= 0.6 is 35.7 Å². The minimum atomic E-state index is 0.791. The number of thiocarbonyl (C=S) groups is 1. The maximum absolute atomic E-state index is 5.15. The minimum Gasteiger partial charge on any atom is -0.107 e. The smallest absolute Gasteiger partial charge is 0.104 e. The summed E-state index contributed by atoms with van der Waals surface area (Å²) in [7, 11) is 0. The second-order valence-corrected chi connectivity index (χ2v) is 6.67. The van der Waals surface area contributed by atoms with Crippen molar-refractivity contribution < 1.29 is 0 Å². The lowest BCUT2D eigenvalue weighted by Gasteiger charge is -2.21. The SMILES string of the molecule is S=C1SCC(Cc2ccccc2)CS1. The summed E-state index contributed by atoms with van der Waals surface area (Å²) in [5, 5.41) is 0. The topological polar surface area (TPSA) is 0 Å². The van der Waals surface area contributed by atoms with Gasteiger partial charge in [-0.1, -0.05) is 42.5 Å². The first kappa shape index (κ1) is 10.5. The van der Waals surface area contributed by atoms with Crippen LogP contribution in [-0.2, 0) is 6.42 Å². The molecule has 74 valence electrons. The highest BCUT2D eigenvalue weighted by atomic mass is 32.2. The highest BCUT2D eigenvalue weighted by Crippen LogP contribution is 2.30. The molecule has 1 aromatic carbocycles. The highest BCUT2D eigenvalue weighted by Gasteiger charge is 2.17. The maximum Gasteiger partial charge on any atom is 0.104 e. The van der Waals surface area contributed by atoms with Crippen molar-refractivity contribution in [1.82, 2.24) is 0 Å². The van der Waals surface area contributed by atoms with E-state index >= 15 is 0 Å². The molecule has 0 unspecified atom stereocenters. The van der Waals surface area contributed by atoms with Gasteiger partial charge in [-0.25, -0.2) is 0 Å². The number of thioether (sulfide) groups is 2. The molecular weight excluding hydrogens is 228 g/mol. The van der Waals surface area contributed by atoms with Gasteiger partial charge in [0.1, 0.15) is 3.53 Å². The Hall–Kier alpha value is 0.01000. The molecule has 2 rings (SSSR count). The van der Waals surface area contributed by atoms with Crippen molar-refractivity contribution in [3.8, 4) is 0 Å². The molecule has 1 aromatic rings. The van der Waals surface area contributed by atoms with Crippen LogP contribution in [0.2, 0.25) is 0 Å². The molecule has 0 atom stereocenters. The zero-order chi connectivity index (χ0) is 9.80. The third kappa shape index (κ3) is 3.01. The van der Waals surface area contributed by atoms with E-state index in [9.17, 15) is 0 Å². The van der Waals surface area contributed by atoms with Gasteiger partial charge in [-0.05, 0) is 17.9 Å². The largest absolute Gasteiger partial charge is 0.107 e. The molecule has 0 aliphatic carbocycles. The number of benzene rings is 1. The molecule has 0 saturated carbocycles. The van der Waals surface area contributed by atoms with Gasteiger partial charge >= 0.3 is 0 Å². The van der Waals surface area contributed by atoms with Crippen molar-refractivity contribution in [2.24, 2.45) is 5.92 Å². The standard InChI is InChI=1S/C11H12S3/c12-11-13-7-10(8-14-11)6-9-4-2-1-3-5-9/h1-5,10H,6-8H2. The summed E-state index contributed by atoms with van der Waals surface area (Å²) in [6, 6.07) is 10.7. The van der Waals surface area contributed by atoms with Crippen molar-refractivity contribution in [2.45, 2.75) is 6.42 Å². The predicted molar refractivity (Wildman–Crippen MR) is 71.2 cm³/mol. The summed E-state index contributed by atoms with van der Waals surface area (Å²) >= 11 is 8.83. The predicted octanol–water partition coefficient (Wildman–Crippen LogP) is 3.61. The van der Waals surface area contributed by atoms with Crippen LogP contribution in [0.1, 0.15) is 5.56 Å². The van der Waals surface area contributed by atoms with E-state index in [1.165, 1.54) is 23.5 Å². The fraction of sp³-hybridized carbons (Fsp3) is 0.364. The third-order valence-electron chi connectivity index (χ3n) is 2.24. The Kier molecular flexibility index (Phi) is 3.90. The van der Waals surface area contributed by atoms with Gasteiger partial charge in [0.05, 0.1) is 0 Å². The number of hydrogen-bond donors (Lipinski definition) is 0. The Balaban J connectivity index is 1.89. The van der Waals surface area contributed by atoms with Crippen LogP contribution in [0.4, 0.5) is 0 Å². The molecule has 1 aliphatic heterocycles. The number of hydrogen-bond acceptors (Lipinski definition) is 3. The van der Waals surface area contributed by atoms with E-state index in [1.54, 1.807) is 0 Å². The average Bonchev–Trinajstić information content (AvgIpc) is 2.23. The Labute approximate surface area is 98.9 Å². The van der Waals surface area contributed by atoms with Crippen LogP contribution in [0, 0.1) is 5.92 Å². The molecule has 0 N–H and O–H groups in total. The molecule has 0 bridgehead atoms. The minimum absolute atomic E-state index is 0.791. The van der Waals surface area contributed by atoms with Crippen LogP contribution in [0.25, 0.3) is 0 Å². The molecular formula is C11H12S3. The molecule has 1 heterocycles. The Morgan fingerprint density at radius 3 is 2.43 bits per heavy atom. The normalized spacial score (nSPS) is 18.4. The summed E-state index contributed by atoms with van der Waals surface area (Å²) in [6.45, 7) is 0. The zero-order valence-corrected chi connectivity index (χ0v) is 10.3. The van der Waals surface area contributed by atoms with Crippen LogP contribution in [0.15, 0.2) is 30.3 Å². The van der Waals surface area contributed by atoms with Gasteiger partial charge in [0, 0.05) is 11.5 Å². The van der Waals surface area contributed by atoms with Gasteiger partial charge in [-0.2, -0.15) is 0 Å². The monoisotopic (exact) mass is 240 g/mol. The first-order chi connectivity index (χ1) is 6.84. The van der Waals surface area contributed by atoms with E-state index in [2.05, 4.69) is 30.3 Å². The molecule has 3 heteroatoms. The molecule has 1 fully saturated rings. The molecule has 0 spiro atoms. The van der Waals surface area contributed by atoms with Gasteiger partial charge in [0.15, 0.2) is 0 Å². The van der Waals surface area contributed by atoms with E-state index in [1.807, 2.05) is 23.5 Å². The fourth-order valence-electron chi connectivity index (χ4n) is 1.53. The molecule has 0 nitrogen and oxygen atoms in total. The van der Waals surface area contributed by atoms with E-state index < -0.39 is 0 Å². The van der Waals surface area contributed by atoms with E-state index in [0.717, 1.165) is 9.45 Å². The van der Waals surface area contributed by atoms with Crippen LogP contribution in [0.3, 0.4) is 0 Å². The van der Waals surface area contributed by atoms with Gasteiger partial charge in [0.2, 0.25) is 0 Å². The molecule has 14 heavy (non-hydrogen) atoms. The van der Waals surface area contributed by atoms with Crippen molar-refractivity contribution >= 4 is 39.3 Å². The zero-order valence-electron chi connectivity index (χ0n) is 7.81. The summed E-state index contributed by atoms with van der Waals surface area (Å²) in [4.78, 5) is 0. The Bertz CT molecular complexity index is 298. The summed E-state index contributed by atoms with van der Waals surface area (Å²) in [5.41, 5.74) is 1.45. The van der Waals surface area contributed by atoms with Crippen LogP contribution in [-0.4, -0.2) is 15.0 Å². The Morgan fingerprint density at radius 1 is 1.14 bits per heavy atom. The van der Waals surface area contributed by atoms with E-state index in [4.69, 9.17) is 12.2 Å². The lowest BCUT2D eigenvalue weighted by Crippen LogP contribution is -2.16. The second-order valence-electron chi connectivity index (χ2n) is 3.43. The number of rotatable bonds is 2. The summed E-state index contributed by atoms with van der Waals surface area (Å²) in [5.74, 6) is 3.18. The molecule has 0 aromatic heterocycles. The van der Waals surface area contributed by atoms with Gasteiger partial charge in [-0.3, -0.25) is 0 Å². The molecule has 1 aliphatic rings. The highest BCUT2D eigenvalue weighted by molar-refractivity contribution is 8.47. The maximum atomic E-state index is 5.15. The van der Waals surface area contributed by atoms with Crippen LogP contribution < -0.4 is 0 Å². The lowest BCUT2D eigenvalue weighted by molar-refractivity contribution is 0.671. The molecule has 0 radical (unpaired) electrons. The first-order valence-electron chi connectivity index (χ1n) is 4.68. The van der Waals surface area contributed by atoms with E-state index in [0.29, 0.717) is 0 Å². The summed E-state index contributed by atoms with van der Waals surface area (Å²) in [6.07, 6.45) is 1.20. The van der Waals surface area contributed by atoms with Gasteiger partial charge < -0.3 is 0 Å². The average molecular weight is 240 g/mol. The van der Waals surface area contributed by atoms with Gasteiger partial charge in [-0.15, -0.1) is 23.5 Å². The van der Waals surface area contributed by atoms with Crippen molar-refractivity contribution in [3.63, 3.8) is 0 Å².